The number of nitrogens with two attached hydrogens (primary N) is 1. The number of likely N-dealkylation sites (tertiary alicyclic amines) is 1. The van der Waals surface area contributed by atoms with Crippen LogP contribution in [-0.2, 0) is 20.7 Å². The number of nitrogens with zero attached hydrogens (tertiary/aromatic N) is 2. The van der Waals surface area contributed by atoms with E-state index in [1.54, 1.807) is 11.2 Å². The van der Waals surface area contributed by atoms with Gasteiger partial charge in [0.15, 0.2) is 0 Å². The average molecular weight is 397 g/mol. The molecule has 2 N–H and O–H groups in total. The van der Waals surface area contributed by atoms with Gasteiger partial charge in [-0.1, -0.05) is 35.5 Å². The largest absolute Gasteiger partial charge is 0.381 e. The molecule has 1 aromatic heterocycles. The van der Waals surface area contributed by atoms with Crippen molar-refractivity contribution in [2.75, 3.05) is 19.8 Å². The maximum absolute atomic E-state index is 13.1. The molecule has 2 fully saturated rings. The number of hydrogen-bond acceptors (Lipinski definition) is 5. The molecule has 1 unspecified atom stereocenters. The minimum absolute atomic E-state index is 0.0421. The highest BCUT2D eigenvalue weighted by Crippen LogP contribution is 2.44. The highest BCUT2D eigenvalue weighted by molar-refractivity contribution is 5.88. The van der Waals surface area contributed by atoms with E-state index in [9.17, 15) is 9.59 Å². The van der Waals surface area contributed by atoms with E-state index < -0.39 is 11.9 Å². The van der Waals surface area contributed by atoms with Crippen LogP contribution in [-0.4, -0.2) is 47.7 Å². The van der Waals surface area contributed by atoms with Gasteiger partial charge in [-0.05, 0) is 32.1 Å². The summed E-state index contributed by atoms with van der Waals surface area (Å²) in [7, 11) is 0. The zero-order valence-electron chi connectivity index (χ0n) is 16.5. The molecule has 29 heavy (non-hydrogen) atoms. The molecule has 7 heteroatoms. The molecule has 2 aliphatic heterocycles. The van der Waals surface area contributed by atoms with Crippen LogP contribution < -0.4 is 5.73 Å². The first-order chi connectivity index (χ1) is 14.1. The standard InChI is InChI=1S/C22H27N3O4/c23-21(27)20-22(10-13-28-14-11-22)9-4-12-25(20)18(26)8-7-17-15-29-24-19(17)16-5-2-1-3-6-16/h1-3,5-6,15,20H,4,7-14H2,(H2,23,27). The minimum atomic E-state index is -0.552. The van der Waals surface area contributed by atoms with Crippen molar-refractivity contribution < 1.29 is 18.8 Å². The molecule has 7 nitrogen and oxygen atoms in total. The molecule has 0 bridgehead atoms. The topological polar surface area (TPSA) is 98.7 Å². The van der Waals surface area contributed by atoms with Crippen molar-refractivity contribution >= 4 is 11.8 Å². The van der Waals surface area contributed by atoms with Crippen LogP contribution in [0, 0.1) is 5.41 Å². The van der Waals surface area contributed by atoms with Crippen LogP contribution in [0.25, 0.3) is 11.3 Å². The number of carbonyl (C=O) groups is 2. The Hall–Kier alpha value is -2.67. The number of rotatable bonds is 5. The molecule has 0 aliphatic carbocycles. The lowest BCUT2D eigenvalue weighted by atomic mass is 9.67. The van der Waals surface area contributed by atoms with Crippen LogP contribution in [0.5, 0.6) is 0 Å². The Morgan fingerprint density at radius 1 is 1.17 bits per heavy atom. The second-order valence-electron chi connectivity index (χ2n) is 8.02. The van der Waals surface area contributed by atoms with E-state index in [-0.39, 0.29) is 17.7 Å². The Morgan fingerprint density at radius 3 is 2.66 bits per heavy atom. The zero-order valence-corrected chi connectivity index (χ0v) is 16.5. The predicted octanol–water partition coefficient (Wildman–Crippen LogP) is 2.55. The molecule has 2 amide bonds. The molecular formula is C22H27N3O4. The van der Waals surface area contributed by atoms with E-state index in [4.69, 9.17) is 15.0 Å². The van der Waals surface area contributed by atoms with E-state index in [2.05, 4.69) is 5.16 Å². The van der Waals surface area contributed by atoms with Crippen molar-refractivity contribution in [2.24, 2.45) is 11.1 Å². The maximum Gasteiger partial charge on any atom is 0.240 e. The van der Waals surface area contributed by atoms with Gasteiger partial charge >= 0.3 is 0 Å². The van der Waals surface area contributed by atoms with Crippen molar-refractivity contribution in [3.05, 3.63) is 42.2 Å². The Bertz CT molecular complexity index is 852. The fourth-order valence-electron chi connectivity index (χ4n) is 4.88. The first-order valence-electron chi connectivity index (χ1n) is 10.3. The normalized spacial score (nSPS) is 21.2. The molecule has 1 aromatic carbocycles. The number of piperidine rings is 1. The smallest absolute Gasteiger partial charge is 0.240 e. The van der Waals surface area contributed by atoms with Crippen LogP contribution >= 0.6 is 0 Å². The molecular weight excluding hydrogens is 370 g/mol. The molecule has 2 saturated heterocycles. The predicted molar refractivity (Wildman–Crippen MR) is 107 cm³/mol. The van der Waals surface area contributed by atoms with Crippen LogP contribution in [0.3, 0.4) is 0 Å². The van der Waals surface area contributed by atoms with Gasteiger partial charge in [-0.3, -0.25) is 9.59 Å². The van der Waals surface area contributed by atoms with Gasteiger partial charge in [0.05, 0.1) is 0 Å². The Morgan fingerprint density at radius 2 is 1.93 bits per heavy atom. The highest BCUT2D eigenvalue weighted by atomic mass is 16.5. The zero-order chi connectivity index (χ0) is 20.3. The van der Waals surface area contributed by atoms with E-state index >= 15 is 0 Å². The fourth-order valence-corrected chi connectivity index (χ4v) is 4.88. The minimum Gasteiger partial charge on any atom is -0.381 e. The van der Waals surface area contributed by atoms with Crippen molar-refractivity contribution in [3.8, 4) is 11.3 Å². The number of primary amides is 1. The summed E-state index contributed by atoms with van der Waals surface area (Å²) in [5.41, 5.74) is 8.14. The number of hydrogen-bond donors (Lipinski definition) is 1. The first-order valence-corrected chi connectivity index (χ1v) is 10.3. The number of aryl methyl sites for hydroxylation is 1. The van der Waals surface area contributed by atoms with E-state index in [1.165, 1.54) is 0 Å². The summed E-state index contributed by atoms with van der Waals surface area (Å²) in [5, 5.41) is 4.10. The number of aromatic nitrogens is 1. The van der Waals surface area contributed by atoms with E-state index in [1.807, 2.05) is 30.3 Å². The summed E-state index contributed by atoms with van der Waals surface area (Å²) >= 11 is 0. The van der Waals surface area contributed by atoms with Crippen molar-refractivity contribution in [2.45, 2.75) is 44.6 Å². The molecule has 2 aliphatic rings. The second kappa shape index (κ2) is 8.37. The van der Waals surface area contributed by atoms with Crippen LogP contribution in [0.2, 0.25) is 0 Å². The van der Waals surface area contributed by atoms with Gasteiger partial charge in [-0.25, -0.2) is 0 Å². The monoisotopic (exact) mass is 397 g/mol. The van der Waals surface area contributed by atoms with Crippen LogP contribution in [0.1, 0.15) is 37.7 Å². The molecule has 0 saturated carbocycles. The summed E-state index contributed by atoms with van der Waals surface area (Å²) in [6, 6.07) is 9.20. The molecule has 0 radical (unpaired) electrons. The van der Waals surface area contributed by atoms with Crippen molar-refractivity contribution in [1.29, 1.82) is 0 Å². The molecule has 2 aromatic rings. The Balaban J connectivity index is 1.48. The first kappa shape index (κ1) is 19.6. The Labute approximate surface area is 170 Å². The molecule has 3 heterocycles. The number of benzene rings is 1. The van der Waals surface area contributed by atoms with Gasteiger partial charge in [-0.15, -0.1) is 0 Å². The van der Waals surface area contributed by atoms with Gasteiger partial charge in [0.2, 0.25) is 11.8 Å². The van der Waals surface area contributed by atoms with E-state index in [0.717, 1.165) is 42.5 Å². The van der Waals surface area contributed by atoms with Gasteiger partial charge in [0.1, 0.15) is 18.0 Å². The number of carbonyl (C=O) groups excluding carboxylic acids is 2. The average Bonchev–Trinajstić information content (AvgIpc) is 3.21. The fraction of sp³-hybridized carbons (Fsp3) is 0.500. The van der Waals surface area contributed by atoms with Crippen molar-refractivity contribution in [3.63, 3.8) is 0 Å². The summed E-state index contributed by atoms with van der Waals surface area (Å²) in [4.78, 5) is 27.2. The molecule has 4 rings (SSSR count). The third-order valence-corrected chi connectivity index (χ3v) is 6.34. The summed E-state index contributed by atoms with van der Waals surface area (Å²) in [6.07, 6.45) is 5.73. The summed E-state index contributed by atoms with van der Waals surface area (Å²) in [5.74, 6) is -0.450. The van der Waals surface area contributed by atoms with Gasteiger partial charge in [-0.2, -0.15) is 0 Å². The van der Waals surface area contributed by atoms with Crippen LogP contribution in [0.15, 0.2) is 41.1 Å². The quantitative estimate of drug-likeness (QED) is 0.836. The Kier molecular flexibility index (Phi) is 5.67. The maximum atomic E-state index is 13.1. The molecule has 154 valence electrons. The lowest BCUT2D eigenvalue weighted by molar-refractivity contribution is -0.153. The number of amides is 2. The van der Waals surface area contributed by atoms with Gasteiger partial charge < -0.3 is 19.9 Å². The second-order valence-corrected chi connectivity index (χ2v) is 8.02. The highest BCUT2D eigenvalue weighted by Gasteiger charge is 2.49. The number of ether oxygens (including phenoxy) is 1. The third-order valence-electron chi connectivity index (χ3n) is 6.34. The van der Waals surface area contributed by atoms with Gasteiger partial charge in [0.25, 0.3) is 0 Å². The third kappa shape index (κ3) is 3.92. The summed E-state index contributed by atoms with van der Waals surface area (Å²) < 4.78 is 10.7. The lowest BCUT2D eigenvalue weighted by Gasteiger charge is -2.50. The van der Waals surface area contributed by atoms with E-state index in [0.29, 0.717) is 26.2 Å². The summed E-state index contributed by atoms with van der Waals surface area (Å²) in [6.45, 7) is 1.81. The van der Waals surface area contributed by atoms with Crippen molar-refractivity contribution in [1.82, 2.24) is 10.1 Å². The lowest BCUT2D eigenvalue weighted by Crippen LogP contribution is -2.61. The van der Waals surface area contributed by atoms with Gasteiger partial charge in [0, 0.05) is 42.7 Å². The molecule has 1 spiro atoms. The molecule has 1 atom stereocenters. The SMILES string of the molecule is NC(=O)C1N(C(=O)CCc2conc2-c2ccccc2)CCCC12CCOCC2. The van der Waals surface area contributed by atoms with Crippen LogP contribution in [0.4, 0.5) is 0 Å².